The third-order valence-electron chi connectivity index (χ3n) is 5.05. The van der Waals surface area contributed by atoms with Gasteiger partial charge in [0.15, 0.2) is 5.82 Å². The zero-order valence-electron chi connectivity index (χ0n) is 14.3. The average molecular weight is 375 g/mol. The Hall–Kier alpha value is -1.65. The van der Waals surface area contributed by atoms with E-state index in [1.54, 1.807) is 12.4 Å². The number of halogens is 2. The summed E-state index contributed by atoms with van der Waals surface area (Å²) >= 11 is 12.7. The third kappa shape index (κ3) is 2.91. The molecule has 1 aromatic carbocycles. The molecular formula is C19H20Cl2N4. The van der Waals surface area contributed by atoms with Gasteiger partial charge in [0, 0.05) is 28.6 Å². The maximum Gasteiger partial charge on any atom is 0.200 e. The Balaban J connectivity index is 2.05. The predicted octanol–water partition coefficient (Wildman–Crippen LogP) is 5.68. The van der Waals surface area contributed by atoms with Crippen LogP contribution in [-0.2, 0) is 6.54 Å². The minimum atomic E-state index is 0.454. The molecule has 25 heavy (non-hydrogen) atoms. The average Bonchev–Trinajstić information content (AvgIpc) is 3.32. The van der Waals surface area contributed by atoms with E-state index in [4.69, 9.17) is 28.3 Å². The Morgan fingerprint density at radius 3 is 2.64 bits per heavy atom. The third-order valence-corrected chi connectivity index (χ3v) is 5.60. The summed E-state index contributed by atoms with van der Waals surface area (Å²) in [5, 5.41) is 6.01. The van der Waals surface area contributed by atoms with E-state index in [1.807, 2.05) is 12.1 Å². The summed E-state index contributed by atoms with van der Waals surface area (Å²) in [6.07, 6.45) is 5.21. The SMILES string of the molecule is CCC(c1c(-c2ccc(Cl)cc2Cl)c2ncnc-2nn1CC)C1CC1. The molecule has 130 valence electrons. The van der Waals surface area contributed by atoms with E-state index in [0.29, 0.717) is 21.8 Å². The summed E-state index contributed by atoms with van der Waals surface area (Å²) in [4.78, 5) is 8.85. The van der Waals surface area contributed by atoms with Crippen molar-refractivity contribution in [1.29, 1.82) is 0 Å². The zero-order chi connectivity index (χ0) is 17.6. The second-order valence-electron chi connectivity index (χ2n) is 6.60. The van der Waals surface area contributed by atoms with E-state index in [2.05, 4.69) is 28.5 Å². The first-order valence-electron chi connectivity index (χ1n) is 8.80. The maximum absolute atomic E-state index is 6.58. The van der Waals surface area contributed by atoms with E-state index in [1.165, 1.54) is 18.5 Å². The Bertz CT molecular complexity index is 885. The van der Waals surface area contributed by atoms with Gasteiger partial charge in [-0.25, -0.2) is 9.97 Å². The molecule has 1 saturated carbocycles. The van der Waals surface area contributed by atoms with E-state index in [-0.39, 0.29) is 0 Å². The normalized spacial score (nSPS) is 15.7. The molecule has 6 heteroatoms. The highest BCUT2D eigenvalue weighted by atomic mass is 35.5. The van der Waals surface area contributed by atoms with Crippen LogP contribution in [-0.4, -0.2) is 19.7 Å². The molecule has 0 spiro atoms. The van der Waals surface area contributed by atoms with Gasteiger partial charge in [-0.05, 0) is 44.2 Å². The standard InChI is InChI=1S/C19H20Cl2N4/c1-3-13(11-5-6-11)18-16(14-8-7-12(20)9-15(14)21)17-19(23-10-22-17)24-25(18)4-2/h7-11,13H,3-6H2,1-2H3. The van der Waals surface area contributed by atoms with Crippen molar-refractivity contribution < 1.29 is 0 Å². The molecule has 1 unspecified atom stereocenters. The van der Waals surface area contributed by atoms with Crippen LogP contribution in [0.25, 0.3) is 22.6 Å². The van der Waals surface area contributed by atoms with E-state index < -0.39 is 0 Å². The molecule has 4 rings (SSSR count). The van der Waals surface area contributed by atoms with Crippen molar-refractivity contribution in [1.82, 2.24) is 19.7 Å². The highest BCUT2D eigenvalue weighted by Gasteiger charge is 2.36. The molecule has 0 N–H and O–H groups in total. The van der Waals surface area contributed by atoms with Crippen molar-refractivity contribution in [2.45, 2.75) is 45.6 Å². The number of aryl methyl sites for hydroxylation is 1. The van der Waals surface area contributed by atoms with E-state index >= 15 is 0 Å². The number of imidazole rings is 1. The van der Waals surface area contributed by atoms with E-state index in [0.717, 1.165) is 35.7 Å². The molecular weight excluding hydrogens is 355 g/mol. The minimum Gasteiger partial charge on any atom is -0.267 e. The van der Waals surface area contributed by atoms with Crippen LogP contribution in [0.3, 0.4) is 0 Å². The molecule has 0 radical (unpaired) electrons. The van der Waals surface area contributed by atoms with E-state index in [9.17, 15) is 0 Å². The summed E-state index contributed by atoms with van der Waals surface area (Å²) in [7, 11) is 0. The largest absolute Gasteiger partial charge is 0.267 e. The highest BCUT2D eigenvalue weighted by molar-refractivity contribution is 6.36. The monoisotopic (exact) mass is 374 g/mol. The lowest BCUT2D eigenvalue weighted by atomic mass is 9.88. The Morgan fingerprint density at radius 2 is 2.00 bits per heavy atom. The number of hydrogen-bond donors (Lipinski definition) is 0. The molecule has 0 amide bonds. The molecule has 4 nitrogen and oxygen atoms in total. The summed E-state index contributed by atoms with van der Waals surface area (Å²) < 4.78 is 2.09. The molecule has 1 atom stereocenters. The van der Waals surface area contributed by atoms with Gasteiger partial charge in [0.25, 0.3) is 0 Å². The van der Waals surface area contributed by atoms with Gasteiger partial charge in [-0.2, -0.15) is 5.10 Å². The molecule has 3 aliphatic rings. The van der Waals surface area contributed by atoms with Gasteiger partial charge < -0.3 is 0 Å². The number of fused-ring (bicyclic) bond motifs is 1. The topological polar surface area (TPSA) is 43.6 Å². The molecule has 1 aromatic rings. The highest BCUT2D eigenvalue weighted by Crippen LogP contribution is 2.49. The fraction of sp³-hybridized carbons (Fsp3) is 0.421. The predicted molar refractivity (Wildman–Crippen MR) is 101 cm³/mol. The lowest BCUT2D eigenvalue weighted by Crippen LogP contribution is -2.18. The van der Waals surface area contributed by atoms with Gasteiger partial charge in [0.2, 0.25) is 0 Å². The van der Waals surface area contributed by atoms with Crippen molar-refractivity contribution in [3.05, 3.63) is 40.3 Å². The first-order valence-corrected chi connectivity index (χ1v) is 9.56. The van der Waals surface area contributed by atoms with Gasteiger partial charge in [-0.15, -0.1) is 0 Å². The number of hydrogen-bond acceptors (Lipinski definition) is 3. The first kappa shape index (κ1) is 16.8. The Labute approximate surface area is 157 Å². The van der Waals surface area contributed by atoms with Gasteiger partial charge in [0.1, 0.15) is 12.0 Å². The molecule has 0 saturated heterocycles. The van der Waals surface area contributed by atoms with Crippen LogP contribution >= 0.6 is 23.2 Å². The fourth-order valence-corrected chi connectivity index (χ4v) is 4.26. The first-order chi connectivity index (χ1) is 12.1. The smallest absolute Gasteiger partial charge is 0.200 e. The lowest BCUT2D eigenvalue weighted by molar-refractivity contribution is 0.498. The number of benzene rings is 1. The van der Waals surface area contributed by atoms with Gasteiger partial charge >= 0.3 is 0 Å². The maximum atomic E-state index is 6.58. The molecule has 1 aliphatic carbocycles. The van der Waals surface area contributed by atoms with Gasteiger partial charge in [-0.3, -0.25) is 4.68 Å². The summed E-state index contributed by atoms with van der Waals surface area (Å²) in [5.74, 6) is 1.84. The molecule has 2 heterocycles. The Morgan fingerprint density at radius 1 is 1.20 bits per heavy atom. The number of nitrogens with zero attached hydrogens (tertiary/aromatic N) is 4. The minimum absolute atomic E-state index is 0.454. The van der Waals surface area contributed by atoms with Crippen molar-refractivity contribution >= 4 is 23.2 Å². The van der Waals surface area contributed by atoms with Crippen LogP contribution in [0, 0.1) is 5.92 Å². The second-order valence-corrected chi connectivity index (χ2v) is 7.44. The van der Waals surface area contributed by atoms with Crippen LogP contribution in [0.4, 0.5) is 0 Å². The number of rotatable bonds is 5. The van der Waals surface area contributed by atoms with Gasteiger partial charge in [0.05, 0.1) is 10.7 Å². The van der Waals surface area contributed by atoms with Crippen LogP contribution < -0.4 is 0 Å². The molecule has 2 aliphatic heterocycles. The summed E-state index contributed by atoms with van der Waals surface area (Å²) in [5.41, 5.74) is 4.06. The van der Waals surface area contributed by atoms with Crippen molar-refractivity contribution in [2.24, 2.45) is 5.92 Å². The summed E-state index contributed by atoms with van der Waals surface area (Å²) in [6, 6.07) is 5.65. The van der Waals surface area contributed by atoms with Crippen molar-refractivity contribution in [3.8, 4) is 22.6 Å². The zero-order valence-corrected chi connectivity index (χ0v) is 15.8. The molecule has 1 fully saturated rings. The summed E-state index contributed by atoms with van der Waals surface area (Å²) in [6.45, 7) is 5.15. The fourth-order valence-electron chi connectivity index (χ4n) is 3.75. The quantitative estimate of drug-likeness (QED) is 0.577. The molecule has 0 bridgehead atoms. The molecule has 0 aromatic heterocycles. The van der Waals surface area contributed by atoms with Crippen molar-refractivity contribution in [2.75, 3.05) is 0 Å². The van der Waals surface area contributed by atoms with Crippen LogP contribution in [0.2, 0.25) is 10.0 Å². The van der Waals surface area contributed by atoms with Crippen LogP contribution in [0.1, 0.15) is 44.7 Å². The van der Waals surface area contributed by atoms with Crippen molar-refractivity contribution in [3.63, 3.8) is 0 Å². The second kappa shape index (κ2) is 6.58. The number of aromatic nitrogens is 4. The lowest BCUT2D eigenvalue weighted by Gasteiger charge is -2.25. The van der Waals surface area contributed by atoms with Crippen LogP contribution in [0.15, 0.2) is 24.5 Å². The van der Waals surface area contributed by atoms with Gasteiger partial charge in [-0.1, -0.05) is 36.2 Å². The van der Waals surface area contributed by atoms with Crippen LogP contribution in [0.5, 0.6) is 0 Å². The Kier molecular flexibility index (Phi) is 4.42.